The molecule has 0 unspecified atom stereocenters. The van der Waals surface area contributed by atoms with Crippen molar-refractivity contribution in [3.63, 3.8) is 0 Å². The lowest BCUT2D eigenvalue weighted by molar-refractivity contribution is 0.0722. The van der Waals surface area contributed by atoms with Gasteiger partial charge in [0.2, 0.25) is 0 Å². The van der Waals surface area contributed by atoms with Gasteiger partial charge in [0.15, 0.2) is 10.8 Å². The van der Waals surface area contributed by atoms with Crippen LogP contribution in [-0.2, 0) is 6.54 Å². The van der Waals surface area contributed by atoms with Crippen LogP contribution in [0.15, 0.2) is 36.4 Å². The normalized spacial score (nSPS) is 14.0. The second kappa shape index (κ2) is 5.77. The van der Waals surface area contributed by atoms with Gasteiger partial charge >= 0.3 is 0 Å². The number of carbonyl (C=O) groups excluding carboxylic acids is 1. The Morgan fingerprint density at radius 3 is 2.48 bits per heavy atom. The SMILES string of the molecule is O=C(c1ccc(Cl)nn1)N(Cc1ccc(F)cc1)C1CC1. The molecule has 0 spiro atoms. The molecule has 0 N–H and O–H groups in total. The molecule has 21 heavy (non-hydrogen) atoms. The Labute approximate surface area is 126 Å². The van der Waals surface area contributed by atoms with E-state index in [2.05, 4.69) is 10.2 Å². The fraction of sp³-hybridized carbons (Fsp3) is 0.267. The van der Waals surface area contributed by atoms with E-state index in [1.165, 1.54) is 12.1 Å². The molecule has 1 aromatic carbocycles. The third-order valence-electron chi connectivity index (χ3n) is 3.37. The van der Waals surface area contributed by atoms with Crippen molar-refractivity contribution in [2.75, 3.05) is 0 Å². The fourth-order valence-corrected chi connectivity index (χ4v) is 2.22. The van der Waals surface area contributed by atoms with E-state index in [1.54, 1.807) is 29.2 Å². The number of carbonyl (C=O) groups is 1. The number of rotatable bonds is 4. The first-order chi connectivity index (χ1) is 10.1. The lowest BCUT2D eigenvalue weighted by Gasteiger charge is -2.22. The van der Waals surface area contributed by atoms with E-state index in [4.69, 9.17) is 11.6 Å². The molecule has 0 atom stereocenters. The molecule has 1 aromatic heterocycles. The highest BCUT2D eigenvalue weighted by Gasteiger charge is 2.33. The Kier molecular flexibility index (Phi) is 3.84. The maximum Gasteiger partial charge on any atom is 0.274 e. The van der Waals surface area contributed by atoms with E-state index < -0.39 is 0 Å². The summed E-state index contributed by atoms with van der Waals surface area (Å²) < 4.78 is 12.9. The molecule has 0 radical (unpaired) electrons. The van der Waals surface area contributed by atoms with Crippen molar-refractivity contribution in [3.05, 3.63) is 58.6 Å². The van der Waals surface area contributed by atoms with Crippen LogP contribution in [0.1, 0.15) is 28.9 Å². The third-order valence-corrected chi connectivity index (χ3v) is 3.57. The standard InChI is InChI=1S/C15H13ClFN3O/c16-14-8-7-13(18-19-14)15(21)20(12-5-6-12)9-10-1-3-11(17)4-2-10/h1-4,7-8,12H,5-6,9H2. The zero-order valence-corrected chi connectivity index (χ0v) is 11.9. The molecule has 6 heteroatoms. The Balaban J connectivity index is 1.79. The van der Waals surface area contributed by atoms with Gasteiger partial charge in [-0.2, -0.15) is 0 Å². The van der Waals surface area contributed by atoms with Gasteiger partial charge in [-0.25, -0.2) is 4.39 Å². The molecule has 2 aromatic rings. The zero-order valence-electron chi connectivity index (χ0n) is 11.2. The van der Waals surface area contributed by atoms with Crippen LogP contribution >= 0.6 is 11.6 Å². The molecule has 1 saturated carbocycles. The van der Waals surface area contributed by atoms with Crippen LogP contribution in [-0.4, -0.2) is 27.0 Å². The Hall–Kier alpha value is -2.01. The highest BCUT2D eigenvalue weighted by Crippen LogP contribution is 2.29. The molecule has 3 rings (SSSR count). The quantitative estimate of drug-likeness (QED) is 0.872. The summed E-state index contributed by atoms with van der Waals surface area (Å²) in [4.78, 5) is 14.3. The van der Waals surface area contributed by atoms with Crippen LogP contribution in [0.2, 0.25) is 5.15 Å². The van der Waals surface area contributed by atoms with Crippen LogP contribution in [0, 0.1) is 5.82 Å². The summed E-state index contributed by atoms with van der Waals surface area (Å²) in [5.74, 6) is -0.461. The third kappa shape index (κ3) is 3.36. The van der Waals surface area contributed by atoms with E-state index in [0.717, 1.165) is 18.4 Å². The van der Waals surface area contributed by atoms with Crippen molar-refractivity contribution < 1.29 is 9.18 Å². The van der Waals surface area contributed by atoms with Crippen LogP contribution in [0.5, 0.6) is 0 Å². The number of hydrogen-bond acceptors (Lipinski definition) is 3. The van der Waals surface area contributed by atoms with Crippen LogP contribution in [0.3, 0.4) is 0 Å². The second-order valence-electron chi connectivity index (χ2n) is 5.03. The molecule has 1 amide bonds. The minimum absolute atomic E-state index is 0.175. The van der Waals surface area contributed by atoms with E-state index in [9.17, 15) is 9.18 Å². The number of aromatic nitrogens is 2. The van der Waals surface area contributed by atoms with Gasteiger partial charge in [0.1, 0.15) is 5.82 Å². The number of nitrogens with zero attached hydrogens (tertiary/aromatic N) is 3. The average molecular weight is 306 g/mol. The van der Waals surface area contributed by atoms with E-state index in [-0.39, 0.29) is 28.6 Å². The molecular weight excluding hydrogens is 293 g/mol. The second-order valence-corrected chi connectivity index (χ2v) is 5.42. The molecule has 108 valence electrons. The van der Waals surface area contributed by atoms with Crippen molar-refractivity contribution in [1.82, 2.24) is 15.1 Å². The summed E-state index contributed by atoms with van der Waals surface area (Å²) >= 11 is 5.68. The molecule has 1 fully saturated rings. The number of benzene rings is 1. The number of hydrogen-bond donors (Lipinski definition) is 0. The molecule has 1 aliphatic carbocycles. The van der Waals surface area contributed by atoms with Gasteiger partial charge < -0.3 is 4.90 Å². The topological polar surface area (TPSA) is 46.1 Å². The molecule has 0 saturated heterocycles. The summed E-state index contributed by atoms with van der Waals surface area (Å²) in [6.45, 7) is 0.439. The minimum Gasteiger partial charge on any atom is -0.330 e. The summed E-state index contributed by atoms with van der Waals surface area (Å²) in [6.07, 6.45) is 1.96. The van der Waals surface area contributed by atoms with Crippen LogP contribution < -0.4 is 0 Å². The number of halogens is 2. The summed E-state index contributed by atoms with van der Waals surface area (Å²) in [5, 5.41) is 7.78. The van der Waals surface area contributed by atoms with Crippen molar-refractivity contribution in [3.8, 4) is 0 Å². The van der Waals surface area contributed by atoms with E-state index in [0.29, 0.717) is 6.54 Å². The Morgan fingerprint density at radius 1 is 1.19 bits per heavy atom. The zero-order chi connectivity index (χ0) is 14.8. The smallest absolute Gasteiger partial charge is 0.274 e. The maximum absolute atomic E-state index is 12.9. The van der Waals surface area contributed by atoms with Gasteiger partial charge in [-0.15, -0.1) is 10.2 Å². The molecule has 4 nitrogen and oxygen atoms in total. The fourth-order valence-electron chi connectivity index (χ4n) is 2.12. The van der Waals surface area contributed by atoms with Crippen molar-refractivity contribution in [2.24, 2.45) is 0 Å². The molecular formula is C15H13ClFN3O. The molecule has 0 bridgehead atoms. The first-order valence-electron chi connectivity index (χ1n) is 6.68. The first kappa shape index (κ1) is 13.9. The largest absolute Gasteiger partial charge is 0.330 e. The van der Waals surface area contributed by atoms with Gasteiger partial charge in [0, 0.05) is 12.6 Å². The van der Waals surface area contributed by atoms with Crippen LogP contribution in [0.4, 0.5) is 4.39 Å². The van der Waals surface area contributed by atoms with Gasteiger partial charge in [0.25, 0.3) is 5.91 Å². The van der Waals surface area contributed by atoms with Crippen molar-refractivity contribution in [2.45, 2.75) is 25.4 Å². The van der Waals surface area contributed by atoms with Crippen molar-refractivity contribution in [1.29, 1.82) is 0 Å². The molecule has 0 aliphatic heterocycles. The van der Waals surface area contributed by atoms with Crippen LogP contribution in [0.25, 0.3) is 0 Å². The lowest BCUT2D eigenvalue weighted by Crippen LogP contribution is -2.33. The van der Waals surface area contributed by atoms with Gasteiger partial charge in [-0.05, 0) is 42.7 Å². The lowest BCUT2D eigenvalue weighted by atomic mass is 10.2. The van der Waals surface area contributed by atoms with Gasteiger partial charge in [-0.1, -0.05) is 23.7 Å². The first-order valence-corrected chi connectivity index (χ1v) is 7.06. The maximum atomic E-state index is 12.9. The predicted octanol–water partition coefficient (Wildman–Crippen LogP) is 3.07. The van der Waals surface area contributed by atoms with E-state index >= 15 is 0 Å². The average Bonchev–Trinajstić information content (AvgIpc) is 3.31. The predicted molar refractivity (Wildman–Crippen MR) is 76.3 cm³/mol. The minimum atomic E-state index is -0.286. The monoisotopic (exact) mass is 305 g/mol. The highest BCUT2D eigenvalue weighted by atomic mass is 35.5. The summed E-state index contributed by atoms with van der Waals surface area (Å²) in [5.41, 5.74) is 1.16. The van der Waals surface area contributed by atoms with E-state index in [1.807, 2.05) is 0 Å². The Morgan fingerprint density at radius 2 is 1.90 bits per heavy atom. The molecule has 1 aliphatic rings. The Bertz CT molecular complexity index is 641. The van der Waals surface area contributed by atoms with Gasteiger partial charge in [0.05, 0.1) is 0 Å². The van der Waals surface area contributed by atoms with Gasteiger partial charge in [-0.3, -0.25) is 4.79 Å². The highest BCUT2D eigenvalue weighted by molar-refractivity contribution is 6.29. The van der Waals surface area contributed by atoms with Crippen molar-refractivity contribution >= 4 is 17.5 Å². The summed E-state index contributed by atoms with van der Waals surface area (Å²) in [7, 11) is 0. The molecule has 1 heterocycles. The summed E-state index contributed by atoms with van der Waals surface area (Å²) in [6, 6.07) is 9.50. The number of amides is 1.